The smallest absolute Gasteiger partial charge is 0.327 e. The highest BCUT2D eigenvalue weighted by atomic mass is 19.1. The first-order valence-corrected chi connectivity index (χ1v) is 5.13. The summed E-state index contributed by atoms with van der Waals surface area (Å²) in [5.74, 6) is -2.04. The van der Waals surface area contributed by atoms with Gasteiger partial charge in [-0.1, -0.05) is 0 Å². The number of nitro groups is 1. The van der Waals surface area contributed by atoms with E-state index in [0.29, 0.717) is 25.6 Å². The van der Waals surface area contributed by atoms with Crippen LogP contribution in [0.3, 0.4) is 0 Å². The van der Waals surface area contributed by atoms with Gasteiger partial charge in [0.2, 0.25) is 5.82 Å². The summed E-state index contributed by atoms with van der Waals surface area (Å²) in [4.78, 5) is 9.75. The van der Waals surface area contributed by atoms with Crippen LogP contribution in [0, 0.1) is 21.7 Å². The highest BCUT2D eigenvalue weighted by Gasteiger charge is 2.21. The van der Waals surface area contributed by atoms with Gasteiger partial charge >= 0.3 is 5.69 Å². The van der Waals surface area contributed by atoms with E-state index in [4.69, 9.17) is 5.73 Å². The van der Waals surface area contributed by atoms with E-state index in [-0.39, 0.29) is 5.69 Å². The first-order valence-electron chi connectivity index (χ1n) is 5.13. The Morgan fingerprint density at radius 3 is 2.65 bits per heavy atom. The van der Waals surface area contributed by atoms with Gasteiger partial charge in [0, 0.05) is 18.7 Å². The second kappa shape index (κ2) is 6.09. The molecule has 0 spiro atoms. The lowest BCUT2D eigenvalue weighted by molar-refractivity contribution is -0.386. The van der Waals surface area contributed by atoms with E-state index in [1.807, 2.05) is 0 Å². The molecule has 0 heterocycles. The number of nitrogens with two attached hydrogens (primary N) is 1. The van der Waals surface area contributed by atoms with Crippen LogP contribution in [0.1, 0.15) is 12.8 Å². The first kappa shape index (κ1) is 13.3. The van der Waals surface area contributed by atoms with E-state index in [9.17, 15) is 18.9 Å². The lowest BCUT2D eigenvalue weighted by Gasteiger charge is -2.07. The molecule has 0 atom stereocenters. The summed E-state index contributed by atoms with van der Waals surface area (Å²) >= 11 is 0. The number of benzene rings is 1. The van der Waals surface area contributed by atoms with Crippen LogP contribution in [0.2, 0.25) is 0 Å². The van der Waals surface area contributed by atoms with Crippen molar-refractivity contribution < 1.29 is 13.7 Å². The first-order chi connectivity index (χ1) is 8.06. The predicted molar refractivity (Wildman–Crippen MR) is 59.8 cm³/mol. The fraction of sp³-hybridized carbons (Fsp3) is 0.400. The molecule has 0 aliphatic rings. The fourth-order valence-corrected chi connectivity index (χ4v) is 1.38. The van der Waals surface area contributed by atoms with Crippen molar-refractivity contribution in [2.45, 2.75) is 12.8 Å². The van der Waals surface area contributed by atoms with Crippen molar-refractivity contribution in [3.8, 4) is 0 Å². The van der Waals surface area contributed by atoms with Gasteiger partial charge in [-0.15, -0.1) is 0 Å². The largest absolute Gasteiger partial charge is 0.379 e. The average molecular weight is 245 g/mol. The Kier molecular flexibility index (Phi) is 4.77. The summed E-state index contributed by atoms with van der Waals surface area (Å²) in [6, 6.07) is 1.40. The number of hydrogen-bond donors (Lipinski definition) is 2. The minimum absolute atomic E-state index is 0.149. The number of anilines is 1. The molecular formula is C10H13F2N3O2. The molecule has 0 amide bonds. The number of hydrogen-bond acceptors (Lipinski definition) is 4. The maximum absolute atomic E-state index is 13.2. The molecule has 3 N–H and O–H groups in total. The Morgan fingerprint density at radius 1 is 1.35 bits per heavy atom. The van der Waals surface area contributed by atoms with Gasteiger partial charge in [0.15, 0.2) is 0 Å². The normalized spacial score (nSPS) is 10.3. The molecule has 0 aliphatic heterocycles. The Morgan fingerprint density at radius 2 is 2.06 bits per heavy atom. The van der Waals surface area contributed by atoms with Crippen molar-refractivity contribution in [2.75, 3.05) is 18.4 Å². The maximum Gasteiger partial charge on any atom is 0.327 e. The molecule has 94 valence electrons. The van der Waals surface area contributed by atoms with Crippen LogP contribution in [-0.2, 0) is 0 Å². The maximum atomic E-state index is 13.2. The van der Waals surface area contributed by atoms with Gasteiger partial charge in [-0.25, -0.2) is 4.39 Å². The van der Waals surface area contributed by atoms with Gasteiger partial charge in [0.1, 0.15) is 11.5 Å². The highest BCUT2D eigenvalue weighted by molar-refractivity contribution is 5.62. The van der Waals surface area contributed by atoms with Crippen LogP contribution < -0.4 is 11.1 Å². The lowest BCUT2D eigenvalue weighted by atomic mass is 10.2. The Balaban J connectivity index is 2.85. The predicted octanol–water partition coefficient (Wildman–Crippen LogP) is 2.02. The van der Waals surface area contributed by atoms with Crippen molar-refractivity contribution in [1.29, 1.82) is 0 Å². The monoisotopic (exact) mass is 245 g/mol. The van der Waals surface area contributed by atoms with Gasteiger partial charge in [0.05, 0.1) is 4.92 Å². The van der Waals surface area contributed by atoms with Crippen LogP contribution in [-0.4, -0.2) is 18.0 Å². The van der Waals surface area contributed by atoms with Gasteiger partial charge in [-0.05, 0) is 19.4 Å². The summed E-state index contributed by atoms with van der Waals surface area (Å²) in [6.07, 6.45) is 1.41. The van der Waals surface area contributed by atoms with Crippen LogP contribution in [0.4, 0.5) is 20.2 Å². The number of unbranched alkanes of at least 4 members (excludes halogenated alkanes) is 1. The van der Waals surface area contributed by atoms with Crippen LogP contribution >= 0.6 is 0 Å². The Labute approximate surface area is 96.8 Å². The van der Waals surface area contributed by atoms with Crippen LogP contribution in [0.15, 0.2) is 12.1 Å². The quantitative estimate of drug-likeness (QED) is 0.456. The molecule has 0 radical (unpaired) electrons. The Bertz CT molecular complexity index is 413. The van der Waals surface area contributed by atoms with Gasteiger partial charge in [0.25, 0.3) is 0 Å². The molecule has 1 rings (SSSR count). The summed E-state index contributed by atoms with van der Waals surface area (Å²) in [5.41, 5.74) is 4.39. The van der Waals surface area contributed by atoms with E-state index < -0.39 is 22.2 Å². The summed E-state index contributed by atoms with van der Waals surface area (Å²) in [7, 11) is 0. The van der Waals surface area contributed by atoms with E-state index in [1.54, 1.807) is 0 Å². The summed E-state index contributed by atoms with van der Waals surface area (Å²) in [6.45, 7) is 0.877. The minimum Gasteiger partial charge on any atom is -0.379 e. The molecule has 5 nitrogen and oxygen atoms in total. The number of rotatable bonds is 6. The third-order valence-corrected chi connectivity index (χ3v) is 2.16. The lowest BCUT2D eigenvalue weighted by Crippen LogP contribution is -2.08. The SMILES string of the molecule is NCCCCNc1cc(F)cc(F)c1[N+](=O)[O-]. The molecular weight excluding hydrogens is 232 g/mol. The topological polar surface area (TPSA) is 81.2 Å². The summed E-state index contributed by atoms with van der Waals surface area (Å²) in [5, 5.41) is 13.3. The van der Waals surface area contributed by atoms with Crippen molar-refractivity contribution in [1.82, 2.24) is 0 Å². The van der Waals surface area contributed by atoms with Crippen molar-refractivity contribution in [2.24, 2.45) is 5.73 Å². The summed E-state index contributed by atoms with van der Waals surface area (Å²) < 4.78 is 26.1. The van der Waals surface area contributed by atoms with E-state index >= 15 is 0 Å². The van der Waals surface area contributed by atoms with Gasteiger partial charge in [-0.3, -0.25) is 10.1 Å². The molecule has 1 aromatic rings. The minimum atomic E-state index is -1.18. The number of halogens is 2. The van der Waals surface area contributed by atoms with E-state index in [1.165, 1.54) is 0 Å². The third kappa shape index (κ3) is 3.63. The molecule has 0 unspecified atom stereocenters. The van der Waals surface area contributed by atoms with Crippen molar-refractivity contribution in [3.63, 3.8) is 0 Å². The molecule has 0 fully saturated rings. The Hall–Kier alpha value is -1.76. The number of nitrogens with zero attached hydrogens (tertiary/aromatic N) is 1. The zero-order chi connectivity index (χ0) is 12.8. The number of nitrogens with one attached hydrogen (secondary N) is 1. The second-order valence-corrected chi connectivity index (χ2v) is 3.46. The average Bonchev–Trinajstić information content (AvgIpc) is 2.22. The molecule has 0 aliphatic carbocycles. The molecule has 17 heavy (non-hydrogen) atoms. The van der Waals surface area contributed by atoms with Gasteiger partial charge in [-0.2, -0.15) is 4.39 Å². The molecule has 7 heteroatoms. The zero-order valence-corrected chi connectivity index (χ0v) is 9.08. The molecule has 0 aromatic heterocycles. The second-order valence-electron chi connectivity index (χ2n) is 3.46. The fourth-order valence-electron chi connectivity index (χ4n) is 1.38. The van der Waals surface area contributed by atoms with Crippen molar-refractivity contribution in [3.05, 3.63) is 33.9 Å². The van der Waals surface area contributed by atoms with E-state index in [0.717, 1.165) is 12.5 Å². The van der Waals surface area contributed by atoms with E-state index in [2.05, 4.69) is 5.32 Å². The highest BCUT2D eigenvalue weighted by Crippen LogP contribution is 2.28. The van der Waals surface area contributed by atoms with Gasteiger partial charge < -0.3 is 11.1 Å². The van der Waals surface area contributed by atoms with Crippen LogP contribution in [0.5, 0.6) is 0 Å². The number of nitro benzene ring substituents is 1. The molecule has 1 aromatic carbocycles. The zero-order valence-electron chi connectivity index (χ0n) is 9.08. The standard InChI is InChI=1S/C10H13F2N3O2/c11-7-5-8(12)10(15(16)17)9(6-7)14-4-2-1-3-13/h5-6,14H,1-4,13H2. The third-order valence-electron chi connectivity index (χ3n) is 2.16. The molecule has 0 saturated carbocycles. The van der Waals surface area contributed by atoms with Crippen molar-refractivity contribution >= 4 is 11.4 Å². The molecule has 0 bridgehead atoms. The van der Waals surface area contributed by atoms with Crippen LogP contribution in [0.25, 0.3) is 0 Å². The molecule has 0 saturated heterocycles.